The molecule has 1 atom stereocenters. The van der Waals surface area contributed by atoms with Crippen LogP contribution >= 0.6 is 0 Å². The summed E-state index contributed by atoms with van der Waals surface area (Å²) in [7, 11) is 0. The van der Waals surface area contributed by atoms with Crippen LogP contribution in [0.25, 0.3) is 0 Å². The summed E-state index contributed by atoms with van der Waals surface area (Å²) in [6.07, 6.45) is 0.926. The molecule has 0 aromatic heterocycles. The molecule has 0 spiro atoms. The van der Waals surface area contributed by atoms with Gasteiger partial charge in [-0.3, -0.25) is 4.99 Å². The number of hydrogen-bond donors (Lipinski definition) is 4. The van der Waals surface area contributed by atoms with Crippen LogP contribution in [0.5, 0.6) is 5.75 Å². The summed E-state index contributed by atoms with van der Waals surface area (Å²) in [5.41, 5.74) is 16.1. The third-order valence-electron chi connectivity index (χ3n) is 2.59. The first-order valence-electron chi connectivity index (χ1n) is 6.26. The van der Waals surface area contributed by atoms with E-state index in [1.165, 1.54) is 24.3 Å². The predicted molar refractivity (Wildman–Crippen MR) is 76.9 cm³/mol. The van der Waals surface area contributed by atoms with E-state index in [0.29, 0.717) is 19.4 Å². The molecule has 0 radical (unpaired) electrons. The molecule has 0 aliphatic carbocycles. The van der Waals surface area contributed by atoms with E-state index in [1.807, 2.05) is 0 Å². The van der Waals surface area contributed by atoms with Gasteiger partial charge in [-0.05, 0) is 37.1 Å². The molecule has 1 aromatic carbocycles. The lowest BCUT2D eigenvalue weighted by Crippen LogP contribution is -2.34. The van der Waals surface area contributed by atoms with Crippen molar-refractivity contribution in [1.82, 2.24) is 0 Å². The number of ether oxygens (including phenoxy) is 1. The van der Waals surface area contributed by atoms with E-state index < -0.39 is 18.0 Å². The number of rotatable bonds is 7. The molecule has 8 heteroatoms. The quantitative estimate of drug-likeness (QED) is 0.176. The van der Waals surface area contributed by atoms with Crippen LogP contribution in [0.4, 0.5) is 0 Å². The fourth-order valence-corrected chi connectivity index (χ4v) is 1.49. The Hall–Kier alpha value is -2.61. The van der Waals surface area contributed by atoms with E-state index in [-0.39, 0.29) is 17.3 Å². The number of carbonyl (C=O) groups is 2. The Kier molecular flexibility index (Phi) is 6.15. The summed E-state index contributed by atoms with van der Waals surface area (Å²) in [6, 6.07) is 4.68. The summed E-state index contributed by atoms with van der Waals surface area (Å²) in [6.45, 7) is 0.386. The first-order valence-corrected chi connectivity index (χ1v) is 6.26. The fraction of sp³-hybridized carbons (Fsp3) is 0.308. The average Bonchev–Trinajstić information content (AvgIpc) is 2.43. The van der Waals surface area contributed by atoms with Crippen LogP contribution < -0.4 is 21.9 Å². The number of guanidine groups is 1. The molecule has 0 bridgehead atoms. The normalized spacial score (nSPS) is 11.5. The minimum Gasteiger partial charge on any atom is -0.478 e. The largest absolute Gasteiger partial charge is 0.478 e. The van der Waals surface area contributed by atoms with Crippen molar-refractivity contribution < 1.29 is 19.4 Å². The van der Waals surface area contributed by atoms with E-state index >= 15 is 0 Å². The average molecular weight is 294 g/mol. The highest BCUT2D eigenvalue weighted by molar-refractivity contribution is 5.87. The molecule has 0 aliphatic rings. The molecular formula is C13H18N4O4. The van der Waals surface area contributed by atoms with Gasteiger partial charge < -0.3 is 27.0 Å². The summed E-state index contributed by atoms with van der Waals surface area (Å²) in [5.74, 6) is -1.42. The topological polar surface area (TPSA) is 154 Å². The van der Waals surface area contributed by atoms with Crippen LogP contribution in [0.15, 0.2) is 29.3 Å². The molecule has 1 aromatic rings. The highest BCUT2D eigenvalue weighted by Crippen LogP contribution is 2.13. The minimum atomic E-state index is -1.05. The highest BCUT2D eigenvalue weighted by atomic mass is 16.5. The first kappa shape index (κ1) is 16.4. The van der Waals surface area contributed by atoms with E-state index in [2.05, 4.69) is 4.99 Å². The number of benzene rings is 1. The molecule has 0 aliphatic heterocycles. The fourth-order valence-electron chi connectivity index (χ4n) is 1.49. The van der Waals surface area contributed by atoms with Crippen molar-refractivity contribution in [3.63, 3.8) is 0 Å². The Morgan fingerprint density at radius 3 is 2.38 bits per heavy atom. The van der Waals surface area contributed by atoms with Gasteiger partial charge in [0.1, 0.15) is 11.8 Å². The maximum absolute atomic E-state index is 11.7. The smallest absolute Gasteiger partial charge is 0.335 e. The van der Waals surface area contributed by atoms with Crippen LogP contribution in [0, 0.1) is 0 Å². The van der Waals surface area contributed by atoms with Gasteiger partial charge in [0.15, 0.2) is 5.96 Å². The molecule has 0 amide bonds. The van der Waals surface area contributed by atoms with Crippen molar-refractivity contribution >= 4 is 17.9 Å². The van der Waals surface area contributed by atoms with Gasteiger partial charge in [-0.15, -0.1) is 0 Å². The number of esters is 1. The van der Waals surface area contributed by atoms with Crippen LogP contribution in [0.3, 0.4) is 0 Å². The minimum absolute atomic E-state index is 0.00957. The third-order valence-corrected chi connectivity index (χ3v) is 2.59. The number of carbonyl (C=O) groups excluding carboxylic acids is 1. The van der Waals surface area contributed by atoms with Crippen molar-refractivity contribution in [1.29, 1.82) is 0 Å². The van der Waals surface area contributed by atoms with Gasteiger partial charge in [-0.25, -0.2) is 9.59 Å². The Morgan fingerprint density at radius 2 is 1.86 bits per heavy atom. The number of hydrogen-bond acceptors (Lipinski definition) is 5. The summed E-state index contributed by atoms with van der Waals surface area (Å²) >= 11 is 0. The monoisotopic (exact) mass is 294 g/mol. The molecule has 0 unspecified atom stereocenters. The summed E-state index contributed by atoms with van der Waals surface area (Å²) in [4.78, 5) is 26.2. The number of carboxylic acids is 1. The molecule has 0 fully saturated rings. The molecule has 21 heavy (non-hydrogen) atoms. The van der Waals surface area contributed by atoms with Crippen LogP contribution in [-0.2, 0) is 4.79 Å². The number of aliphatic imine (C=N–C) groups is 1. The van der Waals surface area contributed by atoms with Gasteiger partial charge in [0.25, 0.3) is 0 Å². The summed E-state index contributed by atoms with van der Waals surface area (Å²) < 4.78 is 5.05. The zero-order valence-electron chi connectivity index (χ0n) is 11.4. The molecular weight excluding hydrogens is 276 g/mol. The van der Waals surface area contributed by atoms with Gasteiger partial charge in [0.05, 0.1) is 5.56 Å². The lowest BCUT2D eigenvalue weighted by molar-refractivity contribution is -0.136. The maximum Gasteiger partial charge on any atom is 0.335 e. The van der Waals surface area contributed by atoms with E-state index in [0.717, 1.165) is 0 Å². The molecule has 0 heterocycles. The zero-order valence-corrected chi connectivity index (χ0v) is 11.4. The van der Waals surface area contributed by atoms with Crippen LogP contribution in [0.1, 0.15) is 23.2 Å². The molecule has 8 nitrogen and oxygen atoms in total. The maximum atomic E-state index is 11.7. The van der Waals surface area contributed by atoms with E-state index in [1.54, 1.807) is 0 Å². The zero-order chi connectivity index (χ0) is 15.8. The lowest BCUT2D eigenvalue weighted by atomic mass is 10.1. The Labute approximate surface area is 121 Å². The van der Waals surface area contributed by atoms with Gasteiger partial charge >= 0.3 is 11.9 Å². The second-order valence-electron chi connectivity index (χ2n) is 4.31. The van der Waals surface area contributed by atoms with E-state index in [9.17, 15) is 9.59 Å². The molecule has 7 N–H and O–H groups in total. The SMILES string of the molecule is NC(N)=NCCC[C@H](N)C(=O)Oc1ccc(C(=O)O)cc1. The highest BCUT2D eigenvalue weighted by Gasteiger charge is 2.15. The first-order chi connectivity index (χ1) is 9.90. The van der Waals surface area contributed by atoms with Gasteiger partial charge in [-0.1, -0.05) is 0 Å². The number of nitrogens with two attached hydrogens (primary N) is 3. The predicted octanol–water partition coefficient (Wildman–Crippen LogP) is -0.329. The van der Waals surface area contributed by atoms with Gasteiger partial charge in [0.2, 0.25) is 0 Å². The van der Waals surface area contributed by atoms with Crippen molar-refractivity contribution in [2.75, 3.05) is 6.54 Å². The van der Waals surface area contributed by atoms with Crippen molar-refractivity contribution in [3.8, 4) is 5.75 Å². The standard InChI is InChI=1S/C13H18N4O4/c14-10(2-1-7-17-13(15)16)12(20)21-9-5-3-8(4-6-9)11(18)19/h3-6,10H,1-2,7,14H2,(H,18,19)(H4,15,16,17)/t10-/m0/s1. The number of aromatic carboxylic acids is 1. The van der Waals surface area contributed by atoms with Crippen LogP contribution in [0.2, 0.25) is 0 Å². The van der Waals surface area contributed by atoms with Crippen molar-refractivity contribution in [2.45, 2.75) is 18.9 Å². The summed E-state index contributed by atoms with van der Waals surface area (Å²) in [5, 5.41) is 8.75. The van der Waals surface area contributed by atoms with E-state index in [4.69, 9.17) is 27.0 Å². The lowest BCUT2D eigenvalue weighted by Gasteiger charge is -2.10. The Bertz CT molecular complexity index is 523. The second kappa shape index (κ2) is 7.85. The third kappa shape index (κ3) is 5.91. The van der Waals surface area contributed by atoms with Crippen molar-refractivity contribution in [3.05, 3.63) is 29.8 Å². The molecule has 1 rings (SSSR count). The Morgan fingerprint density at radius 1 is 1.24 bits per heavy atom. The Balaban J connectivity index is 2.44. The molecule has 0 saturated carbocycles. The second-order valence-corrected chi connectivity index (χ2v) is 4.31. The molecule has 0 saturated heterocycles. The number of carboxylic acid groups (broad SMARTS) is 1. The van der Waals surface area contributed by atoms with Crippen LogP contribution in [-0.4, -0.2) is 35.6 Å². The van der Waals surface area contributed by atoms with Crippen molar-refractivity contribution in [2.24, 2.45) is 22.2 Å². The molecule has 114 valence electrons. The van der Waals surface area contributed by atoms with Gasteiger partial charge in [-0.2, -0.15) is 0 Å². The van der Waals surface area contributed by atoms with Gasteiger partial charge in [0, 0.05) is 6.54 Å². The number of nitrogens with zero attached hydrogens (tertiary/aromatic N) is 1.